The third-order valence-corrected chi connectivity index (χ3v) is 5.16. The number of esters is 2. The van der Waals surface area contributed by atoms with Crippen LogP contribution in [0.3, 0.4) is 0 Å². The van der Waals surface area contributed by atoms with Gasteiger partial charge in [0.05, 0.1) is 35.4 Å². The maximum Gasteiger partial charge on any atom is 0.359 e. The van der Waals surface area contributed by atoms with Crippen molar-refractivity contribution in [2.75, 3.05) is 25.5 Å². The van der Waals surface area contributed by atoms with E-state index in [-0.39, 0.29) is 42.7 Å². The van der Waals surface area contributed by atoms with Gasteiger partial charge >= 0.3 is 11.9 Å². The van der Waals surface area contributed by atoms with Crippen LogP contribution in [0.15, 0.2) is 40.2 Å². The number of thioether (sulfide) groups is 1. The molecule has 0 saturated carbocycles. The number of aryl methyl sites for hydroxylation is 1. The molecule has 0 aliphatic carbocycles. The van der Waals surface area contributed by atoms with Crippen LogP contribution in [0.5, 0.6) is 0 Å². The fraction of sp³-hybridized carbons (Fsp3) is 0.316. The Morgan fingerprint density at radius 1 is 1.21 bits per heavy atom. The molecule has 1 amide bonds. The van der Waals surface area contributed by atoms with Crippen molar-refractivity contribution in [2.45, 2.75) is 6.92 Å². The van der Waals surface area contributed by atoms with Gasteiger partial charge in [0.15, 0.2) is 5.69 Å². The monoisotopic (exact) mass is 417 g/mol. The van der Waals surface area contributed by atoms with E-state index >= 15 is 0 Å². The van der Waals surface area contributed by atoms with E-state index in [4.69, 9.17) is 9.47 Å². The Morgan fingerprint density at radius 3 is 2.66 bits per heavy atom. The average molecular weight is 417 g/mol. The minimum absolute atomic E-state index is 0.0205. The van der Waals surface area contributed by atoms with E-state index < -0.39 is 11.9 Å². The largest absolute Gasteiger partial charge is 0.463 e. The van der Waals surface area contributed by atoms with Crippen molar-refractivity contribution in [3.05, 3.63) is 51.4 Å². The molecule has 0 unspecified atom stereocenters. The van der Waals surface area contributed by atoms with E-state index in [1.54, 1.807) is 31.2 Å². The Bertz CT molecular complexity index is 1060. The Hall–Kier alpha value is -3.14. The highest BCUT2D eigenvalue weighted by atomic mass is 32.2. The first kappa shape index (κ1) is 20.6. The summed E-state index contributed by atoms with van der Waals surface area (Å²) in [6.45, 7) is 1.92. The number of carbonyl (C=O) groups is 3. The number of rotatable bonds is 6. The molecule has 10 heteroatoms. The van der Waals surface area contributed by atoms with Crippen LogP contribution < -0.4 is 5.56 Å². The topological polar surface area (TPSA) is 108 Å². The molecular weight excluding hydrogens is 398 g/mol. The molecule has 0 bridgehead atoms. The van der Waals surface area contributed by atoms with Gasteiger partial charge in [-0.15, -0.1) is 0 Å². The van der Waals surface area contributed by atoms with Gasteiger partial charge in [-0.1, -0.05) is 30.0 Å². The second kappa shape index (κ2) is 8.91. The minimum atomic E-state index is -0.702. The highest BCUT2D eigenvalue weighted by Gasteiger charge is 2.28. The summed E-state index contributed by atoms with van der Waals surface area (Å²) in [6.07, 6.45) is 1.25. The van der Waals surface area contributed by atoms with Gasteiger partial charge in [0.25, 0.3) is 5.56 Å². The lowest BCUT2D eigenvalue weighted by Crippen LogP contribution is -2.30. The number of hydrogen-bond acceptors (Lipinski definition) is 8. The third kappa shape index (κ3) is 4.48. The number of aromatic nitrogens is 2. The molecule has 152 valence electrons. The van der Waals surface area contributed by atoms with Gasteiger partial charge in [0.1, 0.15) is 6.61 Å². The van der Waals surface area contributed by atoms with Crippen LogP contribution in [0.2, 0.25) is 0 Å². The van der Waals surface area contributed by atoms with Crippen molar-refractivity contribution < 1.29 is 23.9 Å². The van der Waals surface area contributed by atoms with Crippen LogP contribution in [0.25, 0.3) is 10.8 Å². The third-order valence-electron chi connectivity index (χ3n) is 4.14. The molecule has 2 heterocycles. The number of nitrogens with zero attached hydrogens (tertiary/aromatic N) is 3. The number of carbonyl (C=O) groups excluding carboxylic acids is 3. The van der Waals surface area contributed by atoms with E-state index in [0.717, 1.165) is 4.68 Å². The second-order valence-electron chi connectivity index (χ2n) is 6.03. The molecule has 29 heavy (non-hydrogen) atoms. The Balaban J connectivity index is 1.71. The molecule has 1 aliphatic rings. The van der Waals surface area contributed by atoms with Gasteiger partial charge < -0.3 is 14.4 Å². The summed E-state index contributed by atoms with van der Waals surface area (Å²) in [4.78, 5) is 49.7. The van der Waals surface area contributed by atoms with Crippen LogP contribution in [0.1, 0.15) is 17.4 Å². The van der Waals surface area contributed by atoms with Gasteiger partial charge in [0, 0.05) is 12.4 Å². The highest BCUT2D eigenvalue weighted by Crippen LogP contribution is 2.28. The molecule has 1 aromatic heterocycles. The molecule has 1 saturated heterocycles. The molecule has 1 fully saturated rings. The van der Waals surface area contributed by atoms with Crippen molar-refractivity contribution in [1.82, 2.24) is 14.7 Å². The summed E-state index contributed by atoms with van der Waals surface area (Å²) in [5.41, 5.74) is -0.294. The Labute approximate surface area is 170 Å². The van der Waals surface area contributed by atoms with Crippen molar-refractivity contribution >= 4 is 40.4 Å². The van der Waals surface area contributed by atoms with E-state index in [1.165, 1.54) is 29.8 Å². The quantitative estimate of drug-likeness (QED) is 0.507. The minimum Gasteiger partial charge on any atom is -0.463 e. The van der Waals surface area contributed by atoms with Crippen molar-refractivity contribution in [3.8, 4) is 0 Å². The lowest BCUT2D eigenvalue weighted by Gasteiger charge is -2.17. The summed E-state index contributed by atoms with van der Waals surface area (Å²) >= 11 is 1.22. The summed E-state index contributed by atoms with van der Waals surface area (Å²) in [6, 6.07) is 6.64. The number of benzene rings is 1. The molecule has 3 rings (SSSR count). The first-order chi connectivity index (χ1) is 13.9. The molecule has 1 aromatic carbocycles. The first-order valence-electron chi connectivity index (χ1n) is 8.87. The zero-order valence-electron chi connectivity index (χ0n) is 15.9. The van der Waals surface area contributed by atoms with Crippen LogP contribution in [0, 0.1) is 0 Å². The summed E-state index contributed by atoms with van der Waals surface area (Å²) < 4.78 is 11.2. The molecule has 0 radical (unpaired) electrons. The zero-order chi connectivity index (χ0) is 21.0. The number of fused-ring (bicyclic) bond motifs is 1. The smallest absolute Gasteiger partial charge is 0.359 e. The van der Waals surface area contributed by atoms with Gasteiger partial charge in [-0.05, 0) is 13.0 Å². The van der Waals surface area contributed by atoms with E-state index in [1.807, 2.05) is 0 Å². The van der Waals surface area contributed by atoms with Crippen molar-refractivity contribution in [2.24, 2.45) is 7.05 Å². The number of ether oxygens (including phenoxy) is 2. The fourth-order valence-corrected chi connectivity index (χ4v) is 3.76. The molecule has 2 aromatic rings. The lowest BCUT2D eigenvalue weighted by atomic mass is 10.1. The standard InChI is InChI=1S/C19H19N3O6S/c1-3-27-16(24)10-15-22(14(23)11-29-15)8-9-28-19(26)17-12-6-4-5-7-13(12)18(25)21(2)20-17/h4-7,10H,3,8-9,11H2,1-2H3/b15-10-. The number of hydrogen-bond donors (Lipinski definition) is 0. The van der Waals surface area contributed by atoms with Crippen LogP contribution in [0.4, 0.5) is 0 Å². The Kier molecular flexibility index (Phi) is 6.32. The van der Waals surface area contributed by atoms with Crippen LogP contribution in [-0.2, 0) is 26.1 Å². The van der Waals surface area contributed by atoms with Gasteiger partial charge in [-0.2, -0.15) is 5.10 Å². The molecular formula is C19H19N3O6S. The maximum atomic E-state index is 12.5. The zero-order valence-corrected chi connectivity index (χ0v) is 16.7. The lowest BCUT2D eigenvalue weighted by molar-refractivity contribution is -0.137. The molecule has 0 N–H and O–H groups in total. The predicted octanol–water partition coefficient (Wildman–Crippen LogP) is 1.07. The SMILES string of the molecule is CCOC(=O)/C=C1\SCC(=O)N1CCOC(=O)c1nn(C)c(=O)c2ccccc12. The Morgan fingerprint density at radius 2 is 1.93 bits per heavy atom. The van der Waals surface area contributed by atoms with E-state index in [2.05, 4.69) is 5.10 Å². The summed E-state index contributed by atoms with van der Waals surface area (Å²) in [5.74, 6) is -1.22. The number of amides is 1. The van der Waals surface area contributed by atoms with Crippen molar-refractivity contribution in [1.29, 1.82) is 0 Å². The summed E-state index contributed by atoms with van der Waals surface area (Å²) in [7, 11) is 1.46. The normalized spacial score (nSPS) is 15.2. The molecule has 0 atom stereocenters. The molecule has 0 spiro atoms. The van der Waals surface area contributed by atoms with Crippen LogP contribution >= 0.6 is 11.8 Å². The fourth-order valence-electron chi connectivity index (χ4n) is 2.80. The van der Waals surface area contributed by atoms with Crippen molar-refractivity contribution in [3.63, 3.8) is 0 Å². The van der Waals surface area contributed by atoms with Crippen LogP contribution in [-0.4, -0.2) is 58.0 Å². The van der Waals surface area contributed by atoms with Gasteiger partial charge in [-0.25, -0.2) is 14.3 Å². The maximum absolute atomic E-state index is 12.5. The van der Waals surface area contributed by atoms with Gasteiger partial charge in [-0.3, -0.25) is 9.59 Å². The average Bonchev–Trinajstić information content (AvgIpc) is 3.04. The predicted molar refractivity (Wildman–Crippen MR) is 106 cm³/mol. The second-order valence-corrected chi connectivity index (χ2v) is 7.02. The summed E-state index contributed by atoms with van der Waals surface area (Å²) in [5, 5.41) is 5.23. The highest BCUT2D eigenvalue weighted by molar-refractivity contribution is 8.04. The molecule has 1 aliphatic heterocycles. The van der Waals surface area contributed by atoms with Gasteiger partial charge in [0.2, 0.25) is 5.91 Å². The van der Waals surface area contributed by atoms with E-state index in [9.17, 15) is 19.2 Å². The van der Waals surface area contributed by atoms with E-state index in [0.29, 0.717) is 15.8 Å². The first-order valence-corrected chi connectivity index (χ1v) is 9.85. The molecule has 9 nitrogen and oxygen atoms in total.